The lowest BCUT2D eigenvalue weighted by Gasteiger charge is -2.06. The first-order chi connectivity index (χ1) is 11.8. The fourth-order valence-electron chi connectivity index (χ4n) is 2.97. The van der Waals surface area contributed by atoms with Gasteiger partial charge in [-0.2, -0.15) is 0 Å². The molecule has 0 aliphatic heterocycles. The predicted octanol–water partition coefficient (Wildman–Crippen LogP) is 5.34. The first-order valence-electron chi connectivity index (χ1n) is 9.82. The van der Waals surface area contributed by atoms with E-state index in [1.807, 2.05) is 0 Å². The molecule has 0 radical (unpaired) electrons. The SMILES string of the molecule is CCCCCCCCCCOn1nnc2cc(CCCC)ccc21. The number of aryl methyl sites for hydroxylation is 1. The van der Waals surface area contributed by atoms with E-state index >= 15 is 0 Å². The molecule has 1 heterocycles. The summed E-state index contributed by atoms with van der Waals surface area (Å²) in [6.07, 6.45) is 14.0. The van der Waals surface area contributed by atoms with Gasteiger partial charge in [-0.1, -0.05) is 69.7 Å². The minimum atomic E-state index is 0.713. The van der Waals surface area contributed by atoms with E-state index in [0.717, 1.165) is 23.9 Å². The Balaban J connectivity index is 1.67. The lowest BCUT2D eigenvalue weighted by Crippen LogP contribution is -2.14. The normalized spacial score (nSPS) is 11.2. The van der Waals surface area contributed by atoms with Gasteiger partial charge in [0.05, 0.1) is 0 Å². The molecule has 0 spiro atoms. The molecule has 0 saturated heterocycles. The van der Waals surface area contributed by atoms with E-state index in [-0.39, 0.29) is 0 Å². The van der Waals surface area contributed by atoms with Crippen molar-refractivity contribution in [1.82, 2.24) is 15.2 Å². The number of nitrogens with zero attached hydrogens (tertiary/aromatic N) is 3. The standard InChI is InChI=1S/C20H33N3O/c1-3-5-7-8-9-10-11-12-16-24-23-20-15-14-18(13-6-4-2)17-19(20)21-22-23/h14-15,17H,3-13,16H2,1-2H3. The van der Waals surface area contributed by atoms with Gasteiger partial charge < -0.3 is 4.84 Å². The summed E-state index contributed by atoms with van der Waals surface area (Å²) in [6.45, 7) is 5.19. The molecule has 4 heteroatoms. The third-order valence-electron chi connectivity index (χ3n) is 4.51. The average Bonchev–Trinajstić information content (AvgIpc) is 3.01. The van der Waals surface area contributed by atoms with Crippen molar-refractivity contribution in [1.29, 1.82) is 0 Å². The van der Waals surface area contributed by atoms with Gasteiger partial charge in [0.2, 0.25) is 0 Å². The Hall–Kier alpha value is -1.58. The minimum Gasteiger partial charge on any atom is -0.395 e. The molecular weight excluding hydrogens is 298 g/mol. The third-order valence-corrected chi connectivity index (χ3v) is 4.51. The van der Waals surface area contributed by atoms with E-state index < -0.39 is 0 Å². The summed E-state index contributed by atoms with van der Waals surface area (Å²) in [5, 5.41) is 8.36. The van der Waals surface area contributed by atoms with Crippen LogP contribution in [-0.2, 0) is 6.42 Å². The molecular formula is C20H33N3O. The second-order valence-electron chi connectivity index (χ2n) is 6.70. The fraction of sp³-hybridized carbons (Fsp3) is 0.700. The highest BCUT2D eigenvalue weighted by Crippen LogP contribution is 2.15. The van der Waals surface area contributed by atoms with Crippen LogP contribution in [0, 0.1) is 0 Å². The largest absolute Gasteiger partial charge is 0.395 e. The van der Waals surface area contributed by atoms with Gasteiger partial charge in [0, 0.05) is 0 Å². The Bertz CT molecular complexity index is 579. The van der Waals surface area contributed by atoms with E-state index in [1.54, 1.807) is 4.85 Å². The van der Waals surface area contributed by atoms with Gasteiger partial charge in [0.15, 0.2) is 0 Å². The Morgan fingerprint density at radius 1 is 0.875 bits per heavy atom. The van der Waals surface area contributed by atoms with Crippen molar-refractivity contribution in [3.05, 3.63) is 23.8 Å². The molecule has 0 aliphatic rings. The highest BCUT2D eigenvalue weighted by Gasteiger charge is 2.06. The molecule has 0 fully saturated rings. The molecule has 1 aromatic carbocycles. The van der Waals surface area contributed by atoms with E-state index in [9.17, 15) is 0 Å². The van der Waals surface area contributed by atoms with Crippen molar-refractivity contribution >= 4 is 11.0 Å². The van der Waals surface area contributed by atoms with Crippen LogP contribution in [0.4, 0.5) is 0 Å². The van der Waals surface area contributed by atoms with Crippen molar-refractivity contribution in [2.45, 2.75) is 84.5 Å². The summed E-state index contributed by atoms with van der Waals surface area (Å²) in [5.74, 6) is 0. The molecule has 0 unspecified atom stereocenters. The number of hydrogen-bond donors (Lipinski definition) is 0. The van der Waals surface area contributed by atoms with Gasteiger partial charge in [0.25, 0.3) is 0 Å². The van der Waals surface area contributed by atoms with Gasteiger partial charge in [-0.15, -0.1) is 5.10 Å². The summed E-state index contributed by atoms with van der Waals surface area (Å²) in [7, 11) is 0. The summed E-state index contributed by atoms with van der Waals surface area (Å²) in [4.78, 5) is 7.35. The fourth-order valence-corrected chi connectivity index (χ4v) is 2.97. The van der Waals surface area contributed by atoms with Crippen molar-refractivity contribution in [3.63, 3.8) is 0 Å². The maximum atomic E-state index is 5.77. The van der Waals surface area contributed by atoms with Crippen molar-refractivity contribution in [2.75, 3.05) is 6.61 Å². The topological polar surface area (TPSA) is 39.9 Å². The molecule has 0 N–H and O–H groups in total. The average molecular weight is 332 g/mol. The Morgan fingerprint density at radius 2 is 1.58 bits per heavy atom. The number of aromatic nitrogens is 3. The summed E-state index contributed by atoms with van der Waals surface area (Å²) < 4.78 is 0. The van der Waals surface area contributed by atoms with Crippen molar-refractivity contribution < 1.29 is 4.84 Å². The predicted molar refractivity (Wildman–Crippen MR) is 100 cm³/mol. The number of unbranched alkanes of at least 4 members (excludes halogenated alkanes) is 8. The molecule has 0 bridgehead atoms. The molecule has 0 saturated carbocycles. The maximum Gasteiger partial charge on any atom is 0.130 e. The third kappa shape index (κ3) is 6.14. The van der Waals surface area contributed by atoms with Gasteiger partial charge in [-0.25, -0.2) is 0 Å². The number of fused-ring (bicyclic) bond motifs is 1. The van der Waals surface area contributed by atoms with E-state index in [0.29, 0.717) is 6.61 Å². The lowest BCUT2D eigenvalue weighted by atomic mass is 10.1. The van der Waals surface area contributed by atoms with Crippen LogP contribution >= 0.6 is 0 Å². The van der Waals surface area contributed by atoms with Crippen LogP contribution in [-0.4, -0.2) is 21.8 Å². The zero-order valence-corrected chi connectivity index (χ0v) is 15.5. The minimum absolute atomic E-state index is 0.713. The maximum absolute atomic E-state index is 5.77. The van der Waals surface area contributed by atoms with Crippen LogP contribution in [0.1, 0.15) is 83.6 Å². The van der Waals surface area contributed by atoms with Crippen LogP contribution in [0.5, 0.6) is 0 Å². The smallest absolute Gasteiger partial charge is 0.130 e. The van der Waals surface area contributed by atoms with Crippen molar-refractivity contribution in [2.24, 2.45) is 0 Å². The Morgan fingerprint density at radius 3 is 2.33 bits per heavy atom. The monoisotopic (exact) mass is 331 g/mol. The number of hydrogen-bond acceptors (Lipinski definition) is 3. The first kappa shape index (κ1) is 18.8. The van der Waals surface area contributed by atoms with Gasteiger partial charge >= 0.3 is 0 Å². The van der Waals surface area contributed by atoms with E-state index in [2.05, 4.69) is 42.4 Å². The summed E-state index contributed by atoms with van der Waals surface area (Å²) in [6, 6.07) is 6.37. The van der Waals surface area contributed by atoms with Gasteiger partial charge in [-0.3, -0.25) is 0 Å². The van der Waals surface area contributed by atoms with Crippen LogP contribution in [0.2, 0.25) is 0 Å². The highest BCUT2D eigenvalue weighted by molar-refractivity contribution is 5.74. The van der Waals surface area contributed by atoms with Crippen LogP contribution in [0.15, 0.2) is 18.2 Å². The highest BCUT2D eigenvalue weighted by atomic mass is 16.7. The van der Waals surface area contributed by atoms with Gasteiger partial charge in [-0.05, 0) is 48.6 Å². The first-order valence-corrected chi connectivity index (χ1v) is 9.82. The zero-order valence-electron chi connectivity index (χ0n) is 15.5. The Labute approximate surface area is 146 Å². The quantitative estimate of drug-likeness (QED) is 0.465. The number of rotatable bonds is 13. The molecule has 24 heavy (non-hydrogen) atoms. The Kier molecular flexibility index (Phi) is 8.64. The van der Waals surface area contributed by atoms with Crippen LogP contribution < -0.4 is 4.84 Å². The lowest BCUT2D eigenvalue weighted by molar-refractivity contribution is 0.0843. The summed E-state index contributed by atoms with van der Waals surface area (Å²) >= 11 is 0. The van der Waals surface area contributed by atoms with E-state index in [4.69, 9.17) is 4.84 Å². The second-order valence-corrected chi connectivity index (χ2v) is 6.70. The molecule has 4 nitrogen and oxygen atoms in total. The number of benzene rings is 1. The molecule has 2 aromatic rings. The van der Waals surface area contributed by atoms with Crippen LogP contribution in [0.3, 0.4) is 0 Å². The summed E-state index contributed by atoms with van der Waals surface area (Å²) in [5.41, 5.74) is 3.23. The second kappa shape index (κ2) is 11.1. The zero-order chi connectivity index (χ0) is 17.0. The molecule has 0 aliphatic carbocycles. The molecule has 0 atom stereocenters. The molecule has 134 valence electrons. The molecule has 1 aromatic heterocycles. The van der Waals surface area contributed by atoms with Crippen molar-refractivity contribution in [3.8, 4) is 0 Å². The molecule has 2 rings (SSSR count). The van der Waals surface area contributed by atoms with Crippen LogP contribution in [0.25, 0.3) is 11.0 Å². The van der Waals surface area contributed by atoms with Gasteiger partial charge in [0.1, 0.15) is 17.6 Å². The molecule has 0 amide bonds. The van der Waals surface area contributed by atoms with E-state index in [1.165, 1.54) is 63.4 Å².